The molecule has 0 bridgehead atoms. The Kier molecular flexibility index (Phi) is 4.34. The third-order valence-corrected chi connectivity index (χ3v) is 3.17. The van der Waals surface area contributed by atoms with E-state index in [9.17, 15) is 0 Å². The second kappa shape index (κ2) is 5.99. The largest absolute Gasteiger partial charge is 0.304 e. The Balaban J connectivity index is 1.77. The zero-order valence-electron chi connectivity index (χ0n) is 9.95. The third-order valence-electron chi connectivity index (χ3n) is 3.17. The molecule has 2 N–H and O–H groups in total. The van der Waals surface area contributed by atoms with E-state index < -0.39 is 0 Å². The maximum absolute atomic E-state index is 3.44. The van der Waals surface area contributed by atoms with Crippen LogP contribution in [0.5, 0.6) is 0 Å². The molecule has 1 aromatic carbocycles. The van der Waals surface area contributed by atoms with Crippen LogP contribution in [0.15, 0.2) is 30.3 Å². The van der Waals surface area contributed by atoms with Gasteiger partial charge in [-0.1, -0.05) is 30.3 Å². The number of rotatable bonds is 4. The average Bonchev–Trinajstić information content (AvgIpc) is 2.38. The van der Waals surface area contributed by atoms with E-state index in [4.69, 9.17) is 0 Å². The van der Waals surface area contributed by atoms with Crippen molar-refractivity contribution in [2.24, 2.45) is 0 Å². The minimum absolute atomic E-state index is 0.449. The van der Waals surface area contributed by atoms with Crippen LogP contribution in [0.2, 0.25) is 0 Å². The van der Waals surface area contributed by atoms with Gasteiger partial charge in [-0.15, -0.1) is 0 Å². The number of piperazine rings is 1. The van der Waals surface area contributed by atoms with Gasteiger partial charge in [-0.05, 0) is 19.0 Å². The first kappa shape index (κ1) is 11.6. The van der Waals surface area contributed by atoms with Gasteiger partial charge in [-0.25, -0.2) is 0 Å². The Labute approximate surface area is 97.8 Å². The molecule has 88 valence electrons. The average molecular weight is 219 g/mol. The number of hydrogen-bond acceptors (Lipinski definition) is 3. The van der Waals surface area contributed by atoms with Crippen molar-refractivity contribution in [3.8, 4) is 0 Å². The predicted octanol–water partition coefficient (Wildman–Crippen LogP) is 0.680. The lowest BCUT2D eigenvalue weighted by Gasteiger charge is -2.33. The number of likely N-dealkylation sites (N-methyl/N-ethyl adjacent to an activating group) is 1. The molecule has 0 aliphatic carbocycles. The number of hydrogen-bond donors (Lipinski definition) is 2. The van der Waals surface area contributed by atoms with E-state index in [0.29, 0.717) is 6.17 Å². The quantitative estimate of drug-likeness (QED) is 0.780. The first-order chi connectivity index (χ1) is 7.88. The maximum Gasteiger partial charge on any atom is 0.0701 e. The summed E-state index contributed by atoms with van der Waals surface area (Å²) in [4.78, 5) is 2.52. The Morgan fingerprint density at radius 3 is 2.94 bits per heavy atom. The first-order valence-electron chi connectivity index (χ1n) is 6.05. The monoisotopic (exact) mass is 219 g/mol. The molecule has 2 rings (SSSR count). The Hall–Kier alpha value is -0.900. The highest BCUT2D eigenvalue weighted by molar-refractivity contribution is 5.14. The van der Waals surface area contributed by atoms with Gasteiger partial charge in [0.2, 0.25) is 0 Å². The van der Waals surface area contributed by atoms with Crippen molar-refractivity contribution < 1.29 is 0 Å². The Bertz CT molecular complexity index is 299. The summed E-state index contributed by atoms with van der Waals surface area (Å²) in [5, 5.41) is 6.72. The van der Waals surface area contributed by atoms with E-state index in [2.05, 4.69) is 45.9 Å². The molecule has 16 heavy (non-hydrogen) atoms. The van der Waals surface area contributed by atoms with E-state index in [1.54, 1.807) is 0 Å². The molecule has 1 fully saturated rings. The van der Waals surface area contributed by atoms with Gasteiger partial charge in [0.1, 0.15) is 0 Å². The summed E-state index contributed by atoms with van der Waals surface area (Å²) in [6.45, 7) is 4.50. The summed E-state index contributed by atoms with van der Waals surface area (Å²) in [6, 6.07) is 10.7. The number of benzene rings is 1. The van der Waals surface area contributed by atoms with E-state index in [-0.39, 0.29) is 0 Å². The summed E-state index contributed by atoms with van der Waals surface area (Å²) in [6.07, 6.45) is 1.60. The van der Waals surface area contributed by atoms with Crippen molar-refractivity contribution in [2.45, 2.75) is 12.6 Å². The summed E-state index contributed by atoms with van der Waals surface area (Å²) < 4.78 is 0. The molecule has 1 unspecified atom stereocenters. The lowest BCUT2D eigenvalue weighted by atomic mass is 10.1. The second-order valence-corrected chi connectivity index (χ2v) is 4.33. The summed E-state index contributed by atoms with van der Waals surface area (Å²) >= 11 is 0. The minimum atomic E-state index is 0.449. The molecule has 1 saturated heterocycles. The smallest absolute Gasteiger partial charge is 0.0701 e. The highest BCUT2D eigenvalue weighted by Crippen LogP contribution is 2.03. The Morgan fingerprint density at radius 1 is 1.38 bits per heavy atom. The van der Waals surface area contributed by atoms with Gasteiger partial charge in [-0.3, -0.25) is 10.2 Å². The first-order valence-corrected chi connectivity index (χ1v) is 6.05. The van der Waals surface area contributed by atoms with Crippen LogP contribution in [-0.4, -0.2) is 44.3 Å². The van der Waals surface area contributed by atoms with Crippen molar-refractivity contribution >= 4 is 0 Å². The maximum atomic E-state index is 3.44. The van der Waals surface area contributed by atoms with Gasteiger partial charge in [-0.2, -0.15) is 0 Å². The van der Waals surface area contributed by atoms with Crippen molar-refractivity contribution in [1.29, 1.82) is 0 Å². The SMILES string of the molecule is CNC1CN(CCc2ccccc2)CCN1. The van der Waals surface area contributed by atoms with Crippen LogP contribution in [0.1, 0.15) is 5.56 Å². The molecule has 0 aromatic heterocycles. The van der Waals surface area contributed by atoms with Gasteiger partial charge >= 0.3 is 0 Å². The molecule has 0 spiro atoms. The normalized spacial score (nSPS) is 22.2. The lowest BCUT2D eigenvalue weighted by molar-refractivity contribution is 0.188. The van der Waals surface area contributed by atoms with E-state index in [1.165, 1.54) is 5.56 Å². The zero-order valence-corrected chi connectivity index (χ0v) is 9.95. The number of nitrogens with one attached hydrogen (secondary N) is 2. The van der Waals surface area contributed by atoms with Crippen molar-refractivity contribution in [3.05, 3.63) is 35.9 Å². The molecular weight excluding hydrogens is 198 g/mol. The highest BCUT2D eigenvalue weighted by Gasteiger charge is 2.16. The molecule has 0 radical (unpaired) electrons. The van der Waals surface area contributed by atoms with Crippen LogP contribution >= 0.6 is 0 Å². The summed E-state index contributed by atoms with van der Waals surface area (Å²) in [5.41, 5.74) is 1.43. The van der Waals surface area contributed by atoms with Gasteiger partial charge in [0, 0.05) is 26.2 Å². The molecule has 3 nitrogen and oxygen atoms in total. The fraction of sp³-hybridized carbons (Fsp3) is 0.538. The predicted molar refractivity (Wildman–Crippen MR) is 67.4 cm³/mol. The van der Waals surface area contributed by atoms with Crippen LogP contribution in [-0.2, 0) is 6.42 Å². The summed E-state index contributed by atoms with van der Waals surface area (Å²) in [5.74, 6) is 0. The van der Waals surface area contributed by atoms with Gasteiger partial charge < -0.3 is 5.32 Å². The van der Waals surface area contributed by atoms with E-state index in [1.807, 2.05) is 7.05 Å². The molecule has 1 aromatic rings. The molecule has 0 saturated carbocycles. The third kappa shape index (κ3) is 3.30. The summed E-state index contributed by atoms with van der Waals surface area (Å²) in [7, 11) is 2.01. The molecule has 0 amide bonds. The van der Waals surface area contributed by atoms with Gasteiger partial charge in [0.25, 0.3) is 0 Å². The van der Waals surface area contributed by atoms with Crippen molar-refractivity contribution in [3.63, 3.8) is 0 Å². The molecular formula is C13H21N3. The van der Waals surface area contributed by atoms with Crippen LogP contribution in [0.3, 0.4) is 0 Å². The molecule has 1 atom stereocenters. The zero-order chi connectivity index (χ0) is 11.2. The molecule has 1 heterocycles. The van der Waals surface area contributed by atoms with Gasteiger partial charge in [0.05, 0.1) is 6.17 Å². The second-order valence-electron chi connectivity index (χ2n) is 4.33. The fourth-order valence-electron chi connectivity index (χ4n) is 2.14. The molecule has 3 heteroatoms. The van der Waals surface area contributed by atoms with Gasteiger partial charge in [0.15, 0.2) is 0 Å². The molecule has 1 aliphatic rings. The van der Waals surface area contributed by atoms with Crippen LogP contribution < -0.4 is 10.6 Å². The lowest BCUT2D eigenvalue weighted by Crippen LogP contribution is -2.56. The number of nitrogens with zero attached hydrogens (tertiary/aromatic N) is 1. The van der Waals surface area contributed by atoms with E-state index >= 15 is 0 Å². The Morgan fingerprint density at radius 2 is 2.19 bits per heavy atom. The van der Waals surface area contributed by atoms with Crippen LogP contribution in [0, 0.1) is 0 Å². The van der Waals surface area contributed by atoms with Crippen LogP contribution in [0.25, 0.3) is 0 Å². The minimum Gasteiger partial charge on any atom is -0.304 e. The van der Waals surface area contributed by atoms with Crippen molar-refractivity contribution in [2.75, 3.05) is 33.2 Å². The fourth-order valence-corrected chi connectivity index (χ4v) is 2.14. The molecule has 1 aliphatic heterocycles. The van der Waals surface area contributed by atoms with Crippen LogP contribution in [0.4, 0.5) is 0 Å². The van der Waals surface area contributed by atoms with Crippen molar-refractivity contribution in [1.82, 2.24) is 15.5 Å². The highest BCUT2D eigenvalue weighted by atomic mass is 15.3. The van der Waals surface area contributed by atoms with E-state index in [0.717, 1.165) is 32.6 Å². The topological polar surface area (TPSA) is 27.3 Å². The standard InChI is InChI=1S/C13H21N3/c1-14-13-11-16(10-8-15-13)9-7-12-5-3-2-4-6-12/h2-6,13-15H,7-11H2,1H3.